The van der Waals surface area contributed by atoms with Crippen LogP contribution in [0.2, 0.25) is 0 Å². The van der Waals surface area contributed by atoms with Crippen LogP contribution in [-0.2, 0) is 11.3 Å². The summed E-state index contributed by atoms with van der Waals surface area (Å²) in [7, 11) is 0. The number of amides is 2. The smallest absolute Gasteiger partial charge is 0.293 e. The van der Waals surface area contributed by atoms with Gasteiger partial charge in [-0.15, -0.1) is 0 Å². The third kappa shape index (κ3) is 6.81. The Balaban J connectivity index is 2.06. The van der Waals surface area contributed by atoms with Crippen molar-refractivity contribution in [3.05, 3.63) is 106 Å². The molecule has 0 aromatic heterocycles. The molecule has 0 atom stereocenters. The van der Waals surface area contributed by atoms with Gasteiger partial charge in [0.2, 0.25) is 5.82 Å². The molecule has 206 valence electrons. The molecule has 3 aromatic carbocycles. The van der Waals surface area contributed by atoms with Gasteiger partial charge in [-0.3, -0.25) is 14.5 Å². The molecule has 2 amide bonds. The van der Waals surface area contributed by atoms with Crippen molar-refractivity contribution >= 4 is 23.2 Å². The lowest BCUT2D eigenvalue weighted by atomic mass is 10.1. The second-order valence-electron chi connectivity index (χ2n) is 8.88. The van der Waals surface area contributed by atoms with Crippen LogP contribution in [0, 0.1) is 36.0 Å². The van der Waals surface area contributed by atoms with Crippen LogP contribution < -0.4 is 10.2 Å². The first kappa shape index (κ1) is 29.3. The summed E-state index contributed by atoms with van der Waals surface area (Å²) in [6, 6.07) is 13.0. The second kappa shape index (κ2) is 13.0. The van der Waals surface area contributed by atoms with Gasteiger partial charge < -0.3 is 10.4 Å². The third-order valence-electron chi connectivity index (χ3n) is 5.92. The zero-order valence-electron chi connectivity index (χ0n) is 21.3. The first-order chi connectivity index (χ1) is 18.6. The monoisotopic (exact) mass is 546 g/mol. The lowest BCUT2D eigenvalue weighted by molar-refractivity contribution is -0.117. The predicted molar refractivity (Wildman–Crippen MR) is 138 cm³/mol. The first-order valence-electron chi connectivity index (χ1n) is 12.2. The van der Waals surface area contributed by atoms with Gasteiger partial charge in [0.25, 0.3) is 11.8 Å². The molecule has 2 N–H and O–H groups in total. The third-order valence-corrected chi connectivity index (χ3v) is 5.92. The summed E-state index contributed by atoms with van der Waals surface area (Å²) in [4.78, 5) is 27.3. The summed E-state index contributed by atoms with van der Waals surface area (Å²) < 4.78 is 69.5. The number of hydrogen-bond donors (Lipinski definition) is 2. The van der Waals surface area contributed by atoms with Gasteiger partial charge in [-0.2, -0.15) is 0 Å². The van der Waals surface area contributed by atoms with Crippen molar-refractivity contribution in [2.75, 3.05) is 10.2 Å². The molecule has 0 aliphatic carbocycles. The fraction of sp³-hybridized carbons (Fsp3) is 0.241. The Bertz CT molecular complexity index is 1360. The lowest BCUT2D eigenvalue weighted by Crippen LogP contribution is -2.33. The number of aryl methyl sites for hydroxylation is 1. The average Bonchev–Trinajstić information content (AvgIpc) is 2.93. The van der Waals surface area contributed by atoms with Gasteiger partial charge in [0, 0.05) is 0 Å². The topological polar surface area (TPSA) is 69.6 Å². The maximum Gasteiger partial charge on any atom is 0.293 e. The molecule has 0 radical (unpaired) electrons. The van der Waals surface area contributed by atoms with Gasteiger partial charge in [0.1, 0.15) is 5.56 Å². The molecule has 5 nitrogen and oxygen atoms in total. The minimum atomic E-state index is -2.39. The Morgan fingerprint density at radius 2 is 1.51 bits per heavy atom. The quantitative estimate of drug-likeness (QED) is 0.0691. The molecule has 0 bridgehead atoms. The highest BCUT2D eigenvalue weighted by Gasteiger charge is 2.31. The van der Waals surface area contributed by atoms with Crippen molar-refractivity contribution < 1.29 is 36.6 Å². The number of benzene rings is 3. The highest BCUT2D eigenvalue weighted by molar-refractivity contribution is 6.10. The van der Waals surface area contributed by atoms with E-state index in [1.165, 1.54) is 24.3 Å². The van der Waals surface area contributed by atoms with Gasteiger partial charge in [-0.05, 0) is 49.1 Å². The molecule has 0 spiro atoms. The number of carbonyl (C=O) groups excluding carboxylic acids is 2. The van der Waals surface area contributed by atoms with E-state index in [2.05, 4.69) is 5.32 Å². The van der Waals surface area contributed by atoms with E-state index < -0.39 is 52.2 Å². The van der Waals surface area contributed by atoms with Crippen LogP contribution in [0.25, 0.3) is 0 Å². The molecule has 0 unspecified atom stereocenters. The molecular formula is C29H27F5N2O3. The number of halogens is 5. The van der Waals surface area contributed by atoms with E-state index in [0.29, 0.717) is 17.5 Å². The molecule has 39 heavy (non-hydrogen) atoms. The minimum Gasteiger partial charge on any atom is -0.503 e. The van der Waals surface area contributed by atoms with E-state index in [1.54, 1.807) is 37.3 Å². The van der Waals surface area contributed by atoms with E-state index in [0.717, 1.165) is 24.2 Å². The maximum absolute atomic E-state index is 14.3. The highest BCUT2D eigenvalue weighted by atomic mass is 19.2. The maximum atomic E-state index is 14.3. The van der Waals surface area contributed by atoms with E-state index in [4.69, 9.17) is 0 Å². The van der Waals surface area contributed by atoms with Gasteiger partial charge in [0.15, 0.2) is 29.0 Å². The van der Waals surface area contributed by atoms with Gasteiger partial charge >= 0.3 is 0 Å². The molecular weight excluding hydrogens is 519 g/mol. The van der Waals surface area contributed by atoms with Crippen LogP contribution in [0.15, 0.2) is 60.4 Å². The fourth-order valence-electron chi connectivity index (χ4n) is 3.85. The van der Waals surface area contributed by atoms with Crippen molar-refractivity contribution in [3.8, 4) is 0 Å². The van der Waals surface area contributed by atoms with E-state index >= 15 is 0 Å². The Morgan fingerprint density at radius 3 is 2.13 bits per heavy atom. The number of allylic oxidation sites excluding steroid dienone is 1. The number of carbonyl (C=O) groups is 2. The summed E-state index contributed by atoms with van der Waals surface area (Å²) in [5.74, 6) is -14.5. The van der Waals surface area contributed by atoms with Crippen molar-refractivity contribution in [1.29, 1.82) is 0 Å². The summed E-state index contributed by atoms with van der Waals surface area (Å²) in [6.07, 6.45) is 4.43. The number of nitrogens with one attached hydrogen (secondary N) is 1. The van der Waals surface area contributed by atoms with E-state index in [9.17, 15) is 36.6 Å². The normalized spacial score (nSPS) is 11.4. The van der Waals surface area contributed by atoms with Crippen LogP contribution >= 0.6 is 0 Å². The summed E-state index contributed by atoms with van der Waals surface area (Å²) in [6.45, 7) is 3.63. The minimum absolute atomic E-state index is 0.0367. The second-order valence-corrected chi connectivity index (χ2v) is 8.88. The standard InChI is InChI=1S/C29H27F5N2O3/c1-3-4-5-9-12-21(37)29(39)36(16-18-10-7-6-8-11-18)20-15-17(2)13-14-19(20)35-28(38)22-23(30)25(32)27(34)26(33)24(22)31/h6-8,10-15,37H,3-5,9,16H2,1-2H3,(H,35,38)/b21-12-. The summed E-state index contributed by atoms with van der Waals surface area (Å²) >= 11 is 0. The number of rotatable bonds is 10. The molecule has 0 aliphatic heterocycles. The molecule has 0 saturated heterocycles. The molecule has 0 heterocycles. The Hall–Kier alpha value is -4.21. The van der Waals surface area contributed by atoms with Gasteiger partial charge in [0.05, 0.1) is 17.9 Å². The number of anilines is 2. The summed E-state index contributed by atoms with van der Waals surface area (Å²) in [5, 5.41) is 12.7. The van der Waals surface area contributed by atoms with Crippen LogP contribution in [0.1, 0.15) is 54.1 Å². The molecule has 0 saturated carbocycles. The predicted octanol–water partition coefficient (Wildman–Crippen LogP) is 7.50. The van der Waals surface area contributed by atoms with Crippen molar-refractivity contribution in [2.45, 2.75) is 46.1 Å². The molecule has 3 aromatic rings. The van der Waals surface area contributed by atoms with Gasteiger partial charge in [-0.25, -0.2) is 22.0 Å². The SMILES string of the molecule is CCCCC/C=C(\O)C(=O)N(Cc1ccccc1)c1cc(C)ccc1NC(=O)c1c(F)c(F)c(F)c(F)c1F. The molecule has 0 aliphatic rings. The number of unbranched alkanes of at least 4 members (excludes halogenated alkanes) is 3. The fourth-order valence-corrected chi connectivity index (χ4v) is 3.85. The number of nitrogens with zero attached hydrogens (tertiary/aromatic N) is 1. The van der Waals surface area contributed by atoms with Crippen molar-refractivity contribution in [3.63, 3.8) is 0 Å². The van der Waals surface area contributed by atoms with Gasteiger partial charge in [-0.1, -0.05) is 56.2 Å². The Kier molecular flexibility index (Phi) is 9.81. The average molecular weight is 547 g/mol. The number of aliphatic hydroxyl groups is 1. The Morgan fingerprint density at radius 1 is 0.897 bits per heavy atom. The molecule has 0 fully saturated rings. The number of aliphatic hydroxyl groups excluding tert-OH is 1. The van der Waals surface area contributed by atoms with E-state index in [1.807, 2.05) is 6.92 Å². The first-order valence-corrected chi connectivity index (χ1v) is 12.2. The van der Waals surface area contributed by atoms with Crippen LogP contribution in [0.5, 0.6) is 0 Å². The molecule has 10 heteroatoms. The van der Waals surface area contributed by atoms with E-state index in [-0.39, 0.29) is 17.9 Å². The van der Waals surface area contributed by atoms with Crippen LogP contribution in [-0.4, -0.2) is 16.9 Å². The van der Waals surface area contributed by atoms with Crippen LogP contribution in [0.3, 0.4) is 0 Å². The number of hydrogen-bond acceptors (Lipinski definition) is 3. The zero-order chi connectivity index (χ0) is 28.7. The Labute approximate surface area is 222 Å². The van der Waals surface area contributed by atoms with Crippen LogP contribution in [0.4, 0.5) is 33.3 Å². The zero-order valence-corrected chi connectivity index (χ0v) is 21.3. The summed E-state index contributed by atoms with van der Waals surface area (Å²) in [5.41, 5.74) is -0.510. The van der Waals surface area contributed by atoms with Crippen molar-refractivity contribution in [2.24, 2.45) is 0 Å². The largest absolute Gasteiger partial charge is 0.503 e. The highest BCUT2D eigenvalue weighted by Crippen LogP contribution is 2.32. The van der Waals surface area contributed by atoms with Crippen molar-refractivity contribution in [1.82, 2.24) is 0 Å². The lowest BCUT2D eigenvalue weighted by Gasteiger charge is -2.26. The molecule has 3 rings (SSSR count).